The van der Waals surface area contributed by atoms with Gasteiger partial charge in [-0.05, 0) is 25.0 Å². The number of hydrogen-bond acceptors (Lipinski definition) is 4. The standard InChI is InChI=1S/C17H18N6O/c1-22-10-9-18-14(22)11-19-17(24)15-20-16(12-7-8-12)23(21-15)13-5-3-2-4-6-13/h2-6,9-10,12H,7-8,11H2,1H3,(H,19,24). The average molecular weight is 322 g/mol. The number of nitrogens with one attached hydrogen (secondary N) is 1. The summed E-state index contributed by atoms with van der Waals surface area (Å²) in [7, 11) is 1.89. The Balaban J connectivity index is 1.57. The lowest BCUT2D eigenvalue weighted by Crippen LogP contribution is -2.25. The highest BCUT2D eigenvalue weighted by Gasteiger charge is 2.31. The SMILES string of the molecule is Cn1ccnc1CNC(=O)c1nc(C2CC2)n(-c2ccccc2)n1. The monoisotopic (exact) mass is 322 g/mol. The van der Waals surface area contributed by atoms with Crippen molar-refractivity contribution in [1.82, 2.24) is 29.6 Å². The first-order valence-electron chi connectivity index (χ1n) is 7.99. The van der Waals surface area contributed by atoms with E-state index in [0.717, 1.165) is 30.2 Å². The van der Waals surface area contributed by atoms with Crippen LogP contribution in [0.1, 0.15) is 41.0 Å². The number of amides is 1. The predicted octanol–water partition coefficient (Wildman–Crippen LogP) is 1.81. The van der Waals surface area contributed by atoms with Crippen molar-refractivity contribution >= 4 is 5.91 Å². The molecule has 122 valence electrons. The zero-order valence-electron chi connectivity index (χ0n) is 13.4. The third-order valence-electron chi connectivity index (χ3n) is 4.11. The topological polar surface area (TPSA) is 77.6 Å². The summed E-state index contributed by atoms with van der Waals surface area (Å²) in [5, 5.41) is 7.26. The zero-order chi connectivity index (χ0) is 16.5. The van der Waals surface area contributed by atoms with Crippen LogP contribution >= 0.6 is 0 Å². The molecule has 1 N–H and O–H groups in total. The van der Waals surface area contributed by atoms with Crippen LogP contribution in [0.25, 0.3) is 5.69 Å². The van der Waals surface area contributed by atoms with Crippen LogP contribution in [0.15, 0.2) is 42.7 Å². The number of aryl methyl sites for hydroxylation is 1. The summed E-state index contributed by atoms with van der Waals surface area (Å²) in [6.07, 6.45) is 5.74. The van der Waals surface area contributed by atoms with Crippen molar-refractivity contribution in [2.24, 2.45) is 7.05 Å². The van der Waals surface area contributed by atoms with E-state index in [1.54, 1.807) is 10.9 Å². The van der Waals surface area contributed by atoms with Gasteiger partial charge >= 0.3 is 0 Å². The first-order valence-corrected chi connectivity index (χ1v) is 7.99. The van der Waals surface area contributed by atoms with Gasteiger partial charge in [0.05, 0.1) is 12.2 Å². The molecule has 1 saturated carbocycles. The predicted molar refractivity (Wildman–Crippen MR) is 87.7 cm³/mol. The second-order valence-corrected chi connectivity index (χ2v) is 5.95. The Morgan fingerprint density at radius 3 is 2.75 bits per heavy atom. The molecule has 1 aliphatic rings. The number of imidazole rings is 1. The molecule has 0 unspecified atom stereocenters. The van der Waals surface area contributed by atoms with Crippen molar-refractivity contribution in [3.05, 3.63) is 60.2 Å². The van der Waals surface area contributed by atoms with E-state index in [9.17, 15) is 4.79 Å². The number of benzene rings is 1. The minimum Gasteiger partial charge on any atom is -0.342 e. The molecule has 1 aliphatic carbocycles. The van der Waals surface area contributed by atoms with E-state index in [2.05, 4.69) is 20.4 Å². The van der Waals surface area contributed by atoms with Gasteiger partial charge in [-0.25, -0.2) is 14.6 Å². The highest BCUT2D eigenvalue weighted by atomic mass is 16.2. The van der Waals surface area contributed by atoms with E-state index in [1.165, 1.54) is 0 Å². The van der Waals surface area contributed by atoms with E-state index in [1.807, 2.05) is 48.1 Å². The van der Waals surface area contributed by atoms with Gasteiger partial charge in [-0.1, -0.05) is 18.2 Å². The lowest BCUT2D eigenvalue weighted by molar-refractivity contribution is 0.0939. The second-order valence-electron chi connectivity index (χ2n) is 5.95. The highest BCUT2D eigenvalue weighted by molar-refractivity contribution is 5.90. The van der Waals surface area contributed by atoms with Crippen LogP contribution < -0.4 is 5.32 Å². The maximum Gasteiger partial charge on any atom is 0.291 e. The summed E-state index contributed by atoms with van der Waals surface area (Å²) in [5.74, 6) is 1.97. The van der Waals surface area contributed by atoms with Gasteiger partial charge < -0.3 is 9.88 Å². The molecule has 1 amide bonds. The van der Waals surface area contributed by atoms with Gasteiger partial charge in [0.25, 0.3) is 5.91 Å². The molecule has 24 heavy (non-hydrogen) atoms. The molecule has 1 fully saturated rings. The third-order valence-corrected chi connectivity index (χ3v) is 4.11. The van der Waals surface area contributed by atoms with Crippen molar-refractivity contribution in [2.75, 3.05) is 0 Å². The molecule has 2 aromatic heterocycles. The van der Waals surface area contributed by atoms with Crippen LogP contribution in [-0.2, 0) is 13.6 Å². The smallest absolute Gasteiger partial charge is 0.291 e. The van der Waals surface area contributed by atoms with E-state index < -0.39 is 0 Å². The van der Waals surface area contributed by atoms with E-state index in [0.29, 0.717) is 12.5 Å². The number of rotatable bonds is 5. The Kier molecular flexibility index (Phi) is 3.60. The van der Waals surface area contributed by atoms with Crippen molar-refractivity contribution in [2.45, 2.75) is 25.3 Å². The quantitative estimate of drug-likeness (QED) is 0.777. The van der Waals surface area contributed by atoms with Gasteiger partial charge in [0.15, 0.2) is 0 Å². The maximum atomic E-state index is 12.4. The first kappa shape index (κ1) is 14.6. The van der Waals surface area contributed by atoms with E-state index in [4.69, 9.17) is 0 Å². The van der Waals surface area contributed by atoms with Gasteiger partial charge in [-0.3, -0.25) is 4.79 Å². The maximum absolute atomic E-state index is 12.4. The Labute approximate surface area is 139 Å². The largest absolute Gasteiger partial charge is 0.342 e. The van der Waals surface area contributed by atoms with Crippen molar-refractivity contribution < 1.29 is 4.79 Å². The second kappa shape index (κ2) is 5.92. The van der Waals surface area contributed by atoms with E-state index in [-0.39, 0.29) is 11.7 Å². The Bertz CT molecular complexity index is 862. The number of nitrogens with zero attached hydrogens (tertiary/aromatic N) is 5. The molecule has 7 nitrogen and oxygen atoms in total. The molecule has 0 saturated heterocycles. The van der Waals surface area contributed by atoms with Crippen molar-refractivity contribution in [3.8, 4) is 5.69 Å². The van der Waals surface area contributed by atoms with Crippen LogP contribution in [0, 0.1) is 0 Å². The number of carbonyl (C=O) groups excluding carboxylic acids is 1. The van der Waals surface area contributed by atoms with Crippen LogP contribution in [-0.4, -0.2) is 30.2 Å². The third kappa shape index (κ3) is 2.80. The van der Waals surface area contributed by atoms with Crippen molar-refractivity contribution in [3.63, 3.8) is 0 Å². The summed E-state index contributed by atoms with van der Waals surface area (Å²) in [4.78, 5) is 21.1. The van der Waals surface area contributed by atoms with Crippen LogP contribution in [0.5, 0.6) is 0 Å². The Morgan fingerprint density at radius 2 is 2.08 bits per heavy atom. The zero-order valence-corrected chi connectivity index (χ0v) is 13.4. The highest BCUT2D eigenvalue weighted by Crippen LogP contribution is 2.39. The van der Waals surface area contributed by atoms with Crippen LogP contribution in [0.4, 0.5) is 0 Å². The van der Waals surface area contributed by atoms with Gasteiger partial charge in [0, 0.05) is 25.4 Å². The molecular formula is C17H18N6O. The van der Waals surface area contributed by atoms with Crippen molar-refractivity contribution in [1.29, 1.82) is 0 Å². The minimum absolute atomic E-state index is 0.204. The molecule has 0 spiro atoms. The summed E-state index contributed by atoms with van der Waals surface area (Å²) >= 11 is 0. The normalized spacial score (nSPS) is 13.9. The number of carbonyl (C=O) groups is 1. The molecule has 7 heteroatoms. The number of para-hydroxylation sites is 1. The molecule has 0 bridgehead atoms. The fourth-order valence-electron chi connectivity index (χ4n) is 2.59. The fourth-order valence-corrected chi connectivity index (χ4v) is 2.59. The Hall–Kier alpha value is -2.96. The lowest BCUT2D eigenvalue weighted by atomic mass is 10.3. The van der Waals surface area contributed by atoms with Gasteiger partial charge in [-0.15, -0.1) is 5.10 Å². The molecule has 3 aromatic rings. The summed E-state index contributed by atoms with van der Waals surface area (Å²) in [6.45, 7) is 0.348. The lowest BCUT2D eigenvalue weighted by Gasteiger charge is -2.04. The molecule has 1 aromatic carbocycles. The molecule has 0 aliphatic heterocycles. The molecule has 2 heterocycles. The molecule has 0 atom stereocenters. The summed E-state index contributed by atoms with van der Waals surface area (Å²) in [5.41, 5.74) is 0.926. The first-order chi connectivity index (χ1) is 11.7. The summed E-state index contributed by atoms with van der Waals surface area (Å²) in [6, 6.07) is 9.80. The van der Waals surface area contributed by atoms with E-state index >= 15 is 0 Å². The molecule has 4 rings (SSSR count). The Morgan fingerprint density at radius 1 is 1.29 bits per heavy atom. The van der Waals surface area contributed by atoms with Gasteiger partial charge in [0.2, 0.25) is 5.82 Å². The molecular weight excluding hydrogens is 304 g/mol. The fraction of sp³-hybridized carbons (Fsp3) is 0.294. The number of hydrogen-bond donors (Lipinski definition) is 1. The molecule has 0 radical (unpaired) electrons. The number of aromatic nitrogens is 5. The minimum atomic E-state index is -0.283. The van der Waals surface area contributed by atoms with Crippen LogP contribution in [0.3, 0.4) is 0 Å². The summed E-state index contributed by atoms with van der Waals surface area (Å²) < 4.78 is 3.65. The van der Waals surface area contributed by atoms with Gasteiger partial charge in [0.1, 0.15) is 11.6 Å². The van der Waals surface area contributed by atoms with Gasteiger partial charge in [-0.2, -0.15) is 0 Å². The average Bonchev–Trinajstić information content (AvgIpc) is 3.22. The van der Waals surface area contributed by atoms with Crippen LogP contribution in [0.2, 0.25) is 0 Å².